The SMILES string of the molecule is CC(C)=CS(=S)CC(C)=CSCC(C)C. The molecule has 88 valence electrons. The molecule has 0 amide bonds. The molecule has 15 heavy (non-hydrogen) atoms. The van der Waals surface area contributed by atoms with Crippen LogP contribution in [0.2, 0.25) is 0 Å². The Morgan fingerprint density at radius 3 is 2.40 bits per heavy atom. The molecule has 0 bridgehead atoms. The Morgan fingerprint density at radius 2 is 1.93 bits per heavy atom. The average molecular weight is 263 g/mol. The van der Waals surface area contributed by atoms with Gasteiger partial charge >= 0.3 is 0 Å². The van der Waals surface area contributed by atoms with Gasteiger partial charge in [-0.1, -0.05) is 34.4 Å². The van der Waals surface area contributed by atoms with E-state index in [4.69, 9.17) is 11.2 Å². The molecular formula is C12H22S3. The minimum atomic E-state index is -0.00472. The van der Waals surface area contributed by atoms with Gasteiger partial charge in [0.05, 0.1) is 0 Å². The summed E-state index contributed by atoms with van der Waals surface area (Å²) >= 11 is 7.30. The second-order valence-corrected chi connectivity index (χ2v) is 7.88. The Labute approximate surface area is 106 Å². The maximum Gasteiger partial charge on any atom is 0.0234 e. The molecule has 0 aliphatic heterocycles. The van der Waals surface area contributed by atoms with Crippen molar-refractivity contribution in [3.8, 4) is 0 Å². The van der Waals surface area contributed by atoms with E-state index in [1.165, 1.54) is 16.9 Å². The molecule has 0 radical (unpaired) electrons. The van der Waals surface area contributed by atoms with E-state index >= 15 is 0 Å². The highest BCUT2D eigenvalue weighted by Crippen LogP contribution is 2.12. The number of allylic oxidation sites excluding steroid dienone is 1. The second kappa shape index (κ2) is 8.54. The third kappa shape index (κ3) is 10.7. The van der Waals surface area contributed by atoms with Crippen molar-refractivity contribution in [3.05, 3.63) is 22.0 Å². The molecule has 0 aromatic carbocycles. The Balaban J connectivity index is 3.96. The van der Waals surface area contributed by atoms with Gasteiger partial charge in [-0.05, 0) is 54.4 Å². The van der Waals surface area contributed by atoms with Crippen LogP contribution in [0.4, 0.5) is 0 Å². The van der Waals surface area contributed by atoms with Crippen LogP contribution >= 0.6 is 11.8 Å². The maximum atomic E-state index is 5.39. The van der Waals surface area contributed by atoms with Gasteiger partial charge in [-0.3, -0.25) is 0 Å². The predicted molar refractivity (Wildman–Crippen MR) is 80.1 cm³/mol. The zero-order valence-electron chi connectivity index (χ0n) is 10.4. The lowest BCUT2D eigenvalue weighted by Gasteiger charge is -2.03. The van der Waals surface area contributed by atoms with Crippen LogP contribution in [0.1, 0.15) is 34.6 Å². The van der Waals surface area contributed by atoms with E-state index in [2.05, 4.69) is 45.4 Å². The van der Waals surface area contributed by atoms with Crippen LogP contribution in [0.15, 0.2) is 22.0 Å². The fourth-order valence-electron chi connectivity index (χ4n) is 0.946. The van der Waals surface area contributed by atoms with Crippen molar-refractivity contribution < 1.29 is 0 Å². The van der Waals surface area contributed by atoms with Gasteiger partial charge in [0.1, 0.15) is 0 Å². The lowest BCUT2D eigenvalue weighted by molar-refractivity contribution is 0.751. The molecule has 0 aliphatic rings. The normalized spacial score (nSPS) is 14.1. The lowest BCUT2D eigenvalue weighted by Crippen LogP contribution is -1.94. The number of thioether (sulfide) groups is 1. The minimum Gasteiger partial charge on any atom is -0.134 e. The molecule has 0 aliphatic carbocycles. The van der Waals surface area contributed by atoms with Crippen LogP contribution in [0.5, 0.6) is 0 Å². The van der Waals surface area contributed by atoms with Crippen molar-refractivity contribution >= 4 is 32.4 Å². The second-order valence-electron chi connectivity index (χ2n) is 4.41. The van der Waals surface area contributed by atoms with Gasteiger partial charge < -0.3 is 0 Å². The summed E-state index contributed by atoms with van der Waals surface area (Å²) in [5, 5.41) is 4.46. The Morgan fingerprint density at radius 1 is 1.33 bits per heavy atom. The quantitative estimate of drug-likeness (QED) is 0.700. The van der Waals surface area contributed by atoms with Gasteiger partial charge in [0.15, 0.2) is 0 Å². The summed E-state index contributed by atoms with van der Waals surface area (Å²) < 4.78 is 0. The topological polar surface area (TPSA) is 0 Å². The highest BCUT2D eigenvalue weighted by atomic mass is 32.8. The summed E-state index contributed by atoms with van der Waals surface area (Å²) in [6.07, 6.45) is 0. The molecule has 0 aromatic heterocycles. The summed E-state index contributed by atoms with van der Waals surface area (Å²) in [5.41, 5.74) is 2.74. The van der Waals surface area contributed by atoms with E-state index in [0.717, 1.165) is 11.7 Å². The molecule has 0 nitrogen and oxygen atoms in total. The van der Waals surface area contributed by atoms with E-state index in [-0.39, 0.29) is 9.45 Å². The van der Waals surface area contributed by atoms with Crippen molar-refractivity contribution in [2.24, 2.45) is 5.92 Å². The summed E-state index contributed by atoms with van der Waals surface area (Å²) in [5.74, 6) is 3.00. The molecule has 0 rings (SSSR count). The third-order valence-corrected chi connectivity index (χ3v) is 5.00. The van der Waals surface area contributed by atoms with Gasteiger partial charge in [-0.25, -0.2) is 0 Å². The van der Waals surface area contributed by atoms with Gasteiger partial charge in [-0.2, -0.15) is 0 Å². The summed E-state index contributed by atoms with van der Waals surface area (Å²) in [7, 11) is -0.00472. The molecule has 0 saturated heterocycles. The van der Waals surface area contributed by atoms with Crippen LogP contribution in [0.3, 0.4) is 0 Å². The fraction of sp³-hybridized carbons (Fsp3) is 0.667. The van der Waals surface area contributed by atoms with E-state index in [0.29, 0.717) is 0 Å². The summed E-state index contributed by atoms with van der Waals surface area (Å²) in [4.78, 5) is 0. The standard InChI is InChI=1S/C12H22S3/c1-10(2)6-14-7-12(5)9-15(13)8-11(3)4/h7-8,10H,6,9H2,1-5H3. The zero-order chi connectivity index (χ0) is 11.8. The van der Waals surface area contributed by atoms with E-state index in [1.807, 2.05) is 11.8 Å². The summed E-state index contributed by atoms with van der Waals surface area (Å²) in [6.45, 7) is 10.9. The van der Waals surface area contributed by atoms with Crippen LogP contribution in [-0.4, -0.2) is 11.5 Å². The maximum absolute atomic E-state index is 5.39. The summed E-state index contributed by atoms with van der Waals surface area (Å²) in [6, 6.07) is 0. The molecule has 3 heteroatoms. The van der Waals surface area contributed by atoms with Gasteiger partial charge in [0, 0.05) is 5.75 Å². The molecule has 1 atom stereocenters. The Bertz CT molecular complexity index is 258. The Kier molecular flexibility index (Phi) is 8.77. The highest BCUT2D eigenvalue weighted by Gasteiger charge is 1.95. The fourth-order valence-corrected chi connectivity index (χ4v) is 4.18. The van der Waals surface area contributed by atoms with Gasteiger partial charge in [0.2, 0.25) is 0 Å². The van der Waals surface area contributed by atoms with Crippen molar-refractivity contribution in [3.63, 3.8) is 0 Å². The third-order valence-electron chi connectivity index (χ3n) is 1.45. The molecule has 0 heterocycles. The lowest BCUT2D eigenvalue weighted by atomic mass is 10.3. The molecule has 1 unspecified atom stereocenters. The minimum absolute atomic E-state index is 0.00472. The monoisotopic (exact) mass is 262 g/mol. The Hall–Kier alpha value is 0.400. The first kappa shape index (κ1) is 15.4. The van der Waals surface area contributed by atoms with Crippen molar-refractivity contribution in [2.45, 2.75) is 34.6 Å². The van der Waals surface area contributed by atoms with E-state index in [1.54, 1.807) is 0 Å². The van der Waals surface area contributed by atoms with Gasteiger partial charge in [0.25, 0.3) is 0 Å². The largest absolute Gasteiger partial charge is 0.134 e. The number of rotatable bonds is 6. The molecular weight excluding hydrogens is 240 g/mol. The first-order chi connectivity index (χ1) is 6.91. The molecule has 0 fully saturated rings. The molecule has 0 N–H and O–H groups in total. The average Bonchev–Trinajstić information content (AvgIpc) is 2.00. The first-order valence-electron chi connectivity index (χ1n) is 5.21. The van der Waals surface area contributed by atoms with E-state index in [9.17, 15) is 0 Å². The molecule has 0 aromatic rings. The number of hydrogen-bond donors (Lipinski definition) is 0. The van der Waals surface area contributed by atoms with Crippen LogP contribution < -0.4 is 0 Å². The van der Waals surface area contributed by atoms with Crippen LogP contribution in [0, 0.1) is 5.92 Å². The predicted octanol–water partition coefficient (Wildman–Crippen LogP) is 4.28. The molecule has 0 spiro atoms. The van der Waals surface area contributed by atoms with Crippen molar-refractivity contribution in [2.75, 3.05) is 11.5 Å². The number of hydrogen-bond acceptors (Lipinski definition) is 2. The van der Waals surface area contributed by atoms with E-state index < -0.39 is 0 Å². The van der Waals surface area contributed by atoms with Crippen LogP contribution in [-0.2, 0) is 20.6 Å². The van der Waals surface area contributed by atoms with Crippen LogP contribution in [0.25, 0.3) is 0 Å². The zero-order valence-corrected chi connectivity index (χ0v) is 12.8. The molecule has 0 saturated carbocycles. The first-order valence-corrected chi connectivity index (χ1v) is 8.64. The van der Waals surface area contributed by atoms with Crippen molar-refractivity contribution in [1.82, 2.24) is 0 Å². The highest BCUT2D eigenvalue weighted by molar-refractivity contribution is 8.30. The smallest absolute Gasteiger partial charge is 0.0234 e. The van der Waals surface area contributed by atoms with Gasteiger partial charge in [-0.15, -0.1) is 11.8 Å². The van der Waals surface area contributed by atoms with Crippen molar-refractivity contribution in [1.29, 1.82) is 0 Å².